The van der Waals surface area contributed by atoms with Gasteiger partial charge in [0, 0.05) is 11.6 Å². The number of hydrogen-bond acceptors (Lipinski definition) is 4. The molecule has 2 aromatic rings. The number of nitrogens with one attached hydrogen (secondary N) is 2. The third-order valence-corrected chi connectivity index (χ3v) is 4.79. The van der Waals surface area contributed by atoms with E-state index in [2.05, 4.69) is 39.6 Å². The van der Waals surface area contributed by atoms with E-state index in [1.165, 1.54) is 0 Å². The molecule has 0 aliphatic rings. The molecule has 0 amide bonds. The number of benzene rings is 2. The van der Waals surface area contributed by atoms with Crippen LogP contribution in [0.1, 0.15) is 31.4 Å². The molecule has 0 radical (unpaired) electrons. The zero-order chi connectivity index (χ0) is 19.5. The maximum absolute atomic E-state index is 6.03. The second kappa shape index (κ2) is 12.2. The molecule has 2 rings (SSSR count). The van der Waals surface area contributed by atoms with Gasteiger partial charge in [0.05, 0.1) is 11.1 Å². The van der Waals surface area contributed by atoms with Crippen molar-refractivity contribution in [2.24, 2.45) is 0 Å². The van der Waals surface area contributed by atoms with Crippen LogP contribution in [-0.4, -0.2) is 26.2 Å². The van der Waals surface area contributed by atoms with Gasteiger partial charge in [-0.2, -0.15) is 0 Å². The summed E-state index contributed by atoms with van der Waals surface area (Å²) in [5.74, 6) is 1.48. The number of rotatable bonds is 12. The minimum Gasteiger partial charge on any atom is -0.490 e. The van der Waals surface area contributed by atoms with E-state index < -0.39 is 0 Å². The normalized spacial score (nSPS) is 10.8. The molecule has 0 aliphatic carbocycles. The predicted octanol–water partition coefficient (Wildman–Crippen LogP) is 5.17. The van der Waals surface area contributed by atoms with Crippen molar-refractivity contribution in [3.63, 3.8) is 0 Å². The zero-order valence-corrected chi connectivity index (χ0v) is 18.3. The van der Waals surface area contributed by atoms with Crippen LogP contribution in [0.5, 0.6) is 11.5 Å². The van der Waals surface area contributed by atoms with Crippen LogP contribution < -0.4 is 20.1 Å². The lowest BCUT2D eigenvalue weighted by atomic mass is 10.2. The summed E-state index contributed by atoms with van der Waals surface area (Å²) in [7, 11) is 0. The molecule has 6 heteroatoms. The third kappa shape index (κ3) is 7.70. The van der Waals surface area contributed by atoms with Crippen molar-refractivity contribution in [2.75, 3.05) is 26.2 Å². The Labute approximate surface area is 175 Å². The molecule has 4 nitrogen and oxygen atoms in total. The van der Waals surface area contributed by atoms with E-state index in [0.717, 1.165) is 64.7 Å². The average molecular weight is 456 g/mol. The topological polar surface area (TPSA) is 42.5 Å². The molecule has 2 aromatic carbocycles. The molecule has 0 saturated heterocycles. The van der Waals surface area contributed by atoms with Gasteiger partial charge in [-0.15, -0.1) is 0 Å². The van der Waals surface area contributed by atoms with E-state index in [1.54, 1.807) is 0 Å². The first kappa shape index (κ1) is 22.0. The summed E-state index contributed by atoms with van der Waals surface area (Å²) in [5.41, 5.74) is 2.22. The Morgan fingerprint density at radius 1 is 0.963 bits per heavy atom. The molecule has 27 heavy (non-hydrogen) atoms. The fraction of sp³-hybridized carbons (Fsp3) is 0.429. The zero-order valence-electron chi connectivity index (χ0n) is 16.0. The summed E-state index contributed by atoms with van der Waals surface area (Å²) in [5, 5.41) is 7.52. The van der Waals surface area contributed by atoms with Crippen LogP contribution in [0.25, 0.3) is 0 Å². The summed E-state index contributed by atoms with van der Waals surface area (Å²) in [6, 6.07) is 11.8. The summed E-state index contributed by atoms with van der Waals surface area (Å²) in [4.78, 5) is 0. The largest absolute Gasteiger partial charge is 0.490 e. The highest BCUT2D eigenvalue weighted by Crippen LogP contribution is 2.37. The van der Waals surface area contributed by atoms with Crippen LogP contribution in [0.3, 0.4) is 0 Å². The highest BCUT2D eigenvalue weighted by molar-refractivity contribution is 9.10. The third-order valence-electron chi connectivity index (χ3n) is 3.95. The van der Waals surface area contributed by atoms with Gasteiger partial charge in [-0.05, 0) is 84.3 Å². The first-order valence-corrected chi connectivity index (χ1v) is 10.5. The fourth-order valence-corrected chi connectivity index (χ4v) is 3.34. The van der Waals surface area contributed by atoms with Crippen LogP contribution in [0.2, 0.25) is 5.02 Å². The Bertz CT molecular complexity index is 695. The van der Waals surface area contributed by atoms with Crippen LogP contribution in [0.15, 0.2) is 40.9 Å². The highest BCUT2D eigenvalue weighted by atomic mass is 79.9. The molecule has 0 aliphatic heterocycles. The van der Waals surface area contributed by atoms with Crippen molar-refractivity contribution in [1.29, 1.82) is 0 Å². The van der Waals surface area contributed by atoms with Crippen molar-refractivity contribution < 1.29 is 9.47 Å². The number of halogens is 2. The molecular weight excluding hydrogens is 428 g/mol. The molecule has 0 atom stereocenters. The van der Waals surface area contributed by atoms with Gasteiger partial charge in [-0.1, -0.05) is 30.7 Å². The lowest BCUT2D eigenvalue weighted by molar-refractivity contribution is 0.267. The SMILES string of the molecule is CCNCCCNCc1cc(Br)c(OCc2ccc(Cl)cc2)c(OCC)c1. The summed E-state index contributed by atoms with van der Waals surface area (Å²) >= 11 is 9.57. The second-order valence-electron chi connectivity index (χ2n) is 6.14. The quantitative estimate of drug-likeness (QED) is 0.433. The van der Waals surface area contributed by atoms with Gasteiger partial charge < -0.3 is 20.1 Å². The van der Waals surface area contributed by atoms with Gasteiger partial charge in [-0.25, -0.2) is 0 Å². The molecule has 0 unspecified atom stereocenters. The van der Waals surface area contributed by atoms with Crippen LogP contribution >= 0.6 is 27.5 Å². The number of ether oxygens (including phenoxy) is 2. The Balaban J connectivity index is 1.98. The highest BCUT2D eigenvalue weighted by Gasteiger charge is 2.12. The van der Waals surface area contributed by atoms with Crippen LogP contribution in [-0.2, 0) is 13.2 Å². The molecule has 0 bridgehead atoms. The maximum atomic E-state index is 6.03. The smallest absolute Gasteiger partial charge is 0.175 e. The van der Waals surface area contributed by atoms with E-state index in [-0.39, 0.29) is 0 Å². The molecular formula is C21H28BrClN2O2. The van der Waals surface area contributed by atoms with Crippen molar-refractivity contribution in [2.45, 2.75) is 33.4 Å². The van der Waals surface area contributed by atoms with Gasteiger partial charge >= 0.3 is 0 Å². The molecule has 0 aromatic heterocycles. The van der Waals surface area contributed by atoms with Gasteiger partial charge in [0.25, 0.3) is 0 Å². The van der Waals surface area contributed by atoms with Gasteiger partial charge in [-0.3, -0.25) is 0 Å². The first-order valence-electron chi connectivity index (χ1n) is 9.38. The van der Waals surface area contributed by atoms with Crippen LogP contribution in [0, 0.1) is 0 Å². The van der Waals surface area contributed by atoms with E-state index in [0.29, 0.717) is 13.2 Å². The van der Waals surface area contributed by atoms with E-state index >= 15 is 0 Å². The second-order valence-corrected chi connectivity index (χ2v) is 7.43. The van der Waals surface area contributed by atoms with E-state index in [4.69, 9.17) is 21.1 Å². The standard InChI is InChI=1S/C21H28BrClN2O2/c1-3-24-10-5-11-25-14-17-12-19(22)21(20(13-17)26-4-2)27-15-16-6-8-18(23)9-7-16/h6-9,12-13,24-25H,3-5,10-11,14-15H2,1-2H3. The molecule has 0 heterocycles. The summed E-state index contributed by atoms with van der Waals surface area (Å²) < 4.78 is 12.7. The fourth-order valence-electron chi connectivity index (χ4n) is 2.61. The molecule has 2 N–H and O–H groups in total. The minimum absolute atomic E-state index is 0.456. The minimum atomic E-state index is 0.456. The monoisotopic (exact) mass is 454 g/mol. The number of hydrogen-bond donors (Lipinski definition) is 2. The Morgan fingerprint density at radius 3 is 2.41 bits per heavy atom. The molecule has 0 saturated carbocycles. The predicted molar refractivity (Wildman–Crippen MR) is 116 cm³/mol. The van der Waals surface area contributed by atoms with E-state index in [1.807, 2.05) is 37.3 Å². The van der Waals surface area contributed by atoms with Gasteiger partial charge in [0.15, 0.2) is 11.5 Å². The van der Waals surface area contributed by atoms with Gasteiger partial charge in [0.2, 0.25) is 0 Å². The Kier molecular flexibility index (Phi) is 9.98. The lowest BCUT2D eigenvalue weighted by Crippen LogP contribution is -2.21. The first-order chi connectivity index (χ1) is 13.1. The lowest BCUT2D eigenvalue weighted by Gasteiger charge is -2.16. The Hall–Kier alpha value is -1.27. The van der Waals surface area contributed by atoms with Crippen molar-refractivity contribution in [3.8, 4) is 11.5 Å². The van der Waals surface area contributed by atoms with Crippen molar-refractivity contribution >= 4 is 27.5 Å². The summed E-state index contributed by atoms with van der Waals surface area (Å²) in [6.07, 6.45) is 1.11. The maximum Gasteiger partial charge on any atom is 0.175 e. The van der Waals surface area contributed by atoms with E-state index in [9.17, 15) is 0 Å². The van der Waals surface area contributed by atoms with Crippen molar-refractivity contribution in [1.82, 2.24) is 10.6 Å². The van der Waals surface area contributed by atoms with Crippen LogP contribution in [0.4, 0.5) is 0 Å². The molecule has 0 fully saturated rings. The average Bonchev–Trinajstić information content (AvgIpc) is 2.65. The Morgan fingerprint density at radius 2 is 1.70 bits per heavy atom. The van der Waals surface area contributed by atoms with Crippen molar-refractivity contribution in [3.05, 3.63) is 57.0 Å². The van der Waals surface area contributed by atoms with Gasteiger partial charge in [0.1, 0.15) is 6.61 Å². The molecule has 148 valence electrons. The molecule has 0 spiro atoms. The summed E-state index contributed by atoms with van der Waals surface area (Å²) in [6.45, 7) is 8.96.